The number of carbonyl (C=O) groups excluding carboxylic acids is 4. The second kappa shape index (κ2) is 33.1. The molecule has 1 aliphatic carbocycles. The van der Waals surface area contributed by atoms with Crippen LogP contribution in [0.5, 0.6) is 34.5 Å². The second-order valence-electron chi connectivity index (χ2n) is 23.8. The fourth-order valence-corrected chi connectivity index (χ4v) is 12.1. The van der Waals surface area contributed by atoms with Crippen molar-refractivity contribution in [1.82, 2.24) is 29.2 Å². The Morgan fingerprint density at radius 3 is 2.18 bits per heavy atom. The number of carbonyl (C=O) groups is 4. The van der Waals surface area contributed by atoms with Crippen LogP contribution in [0.25, 0.3) is 22.2 Å². The first-order valence-corrected chi connectivity index (χ1v) is 32.4. The number of aryl methyl sites for hydroxylation is 2. The van der Waals surface area contributed by atoms with E-state index in [4.69, 9.17) is 34.1 Å². The number of aromatic nitrogens is 3. The maximum absolute atomic E-state index is 13.9. The van der Waals surface area contributed by atoms with Gasteiger partial charge in [-0.05, 0) is 157 Å². The van der Waals surface area contributed by atoms with E-state index in [-0.39, 0.29) is 41.4 Å². The van der Waals surface area contributed by atoms with Gasteiger partial charge in [-0.1, -0.05) is 18.6 Å². The van der Waals surface area contributed by atoms with Gasteiger partial charge >= 0.3 is 5.69 Å². The number of pyridine rings is 1. The average Bonchev–Trinajstić information content (AvgIpc) is 1.72. The first-order valence-electron chi connectivity index (χ1n) is 31.6. The molecule has 8 rings (SSSR count). The van der Waals surface area contributed by atoms with Crippen LogP contribution in [0, 0.1) is 5.41 Å². The molecule has 0 saturated carbocycles. The molecular formula is C70H90N10O10S. The number of nitrogens with one attached hydrogen (secondary N) is 4. The van der Waals surface area contributed by atoms with Gasteiger partial charge in [-0.3, -0.25) is 38.1 Å². The standard InChI is InChI=1S/C70H90N10O10S/c1-11-31-88-52-37-53(39-54(38-52)90-66-42-62-61(77(7)70(85)78(62)8)41-60(66)75-91-55-19-22-65(86-9)67(40-55)87-10)89-32-15-14-25-76(6)45-51(81)16-12-13-17-69(84)72-24-26-79-27-29-80(30-28-79)68-23-18-49(44-73-68)50-35-57(58(43-71)59(36-50)74-46(2)3)63(82)21-20-56-48(5)33-47(4)34-64(56)83/h18-19,22-23,33,35-44,46,71,74-75H,11-17,20-21,24-32,34,45H2,1-10H3,(H,72,84). The fraction of sp³-hybridized carbons (Fsp3) is 0.443. The predicted molar refractivity (Wildman–Crippen MR) is 363 cm³/mol. The first-order chi connectivity index (χ1) is 43.8. The monoisotopic (exact) mass is 1260 g/mol. The Bertz CT molecular complexity index is 3680. The number of Topliss-reactive ketones (excluding diaryl/α,β-unsaturated/α-hetero) is 3. The molecule has 0 spiro atoms. The number of likely N-dealkylation sites (N-methyl/N-ethyl adjacent to an activating group) is 1. The molecule has 1 amide bonds. The number of unbranched alkanes of at least 4 members (excludes halogenated alkanes) is 2. The molecule has 0 radical (unpaired) electrons. The Labute approximate surface area is 539 Å². The number of benzene rings is 4. The highest BCUT2D eigenvalue weighted by Crippen LogP contribution is 2.40. The normalized spacial score (nSPS) is 13.6. The van der Waals surface area contributed by atoms with E-state index < -0.39 is 0 Å². The van der Waals surface area contributed by atoms with E-state index in [1.165, 1.54) is 18.2 Å². The minimum Gasteiger partial charge on any atom is -0.493 e. The number of hydrogen-bond donors (Lipinski definition) is 4. The number of hydrogen-bond acceptors (Lipinski definition) is 18. The third-order valence-corrected chi connectivity index (χ3v) is 17.0. The number of ether oxygens (including phenoxy) is 5. The summed E-state index contributed by atoms with van der Waals surface area (Å²) in [7, 11) is 8.61. The van der Waals surface area contributed by atoms with Crippen molar-refractivity contribution >= 4 is 69.6 Å². The van der Waals surface area contributed by atoms with Crippen molar-refractivity contribution in [2.75, 3.05) is 102 Å². The summed E-state index contributed by atoms with van der Waals surface area (Å²) in [5.41, 5.74) is 7.93. The Balaban J connectivity index is 0.724. The van der Waals surface area contributed by atoms with Gasteiger partial charge in [-0.15, -0.1) is 0 Å². The highest BCUT2D eigenvalue weighted by molar-refractivity contribution is 8.00. The Morgan fingerprint density at radius 2 is 1.49 bits per heavy atom. The lowest BCUT2D eigenvalue weighted by Gasteiger charge is -2.35. The quantitative estimate of drug-likeness (QED) is 0.0126. The molecular weight excluding hydrogens is 1170 g/mol. The largest absolute Gasteiger partial charge is 0.493 e. The third kappa shape index (κ3) is 18.9. The molecule has 91 heavy (non-hydrogen) atoms. The van der Waals surface area contributed by atoms with Crippen molar-refractivity contribution in [2.24, 2.45) is 14.1 Å². The van der Waals surface area contributed by atoms with Crippen LogP contribution in [0.1, 0.15) is 115 Å². The number of nitrogens with zero attached hydrogens (tertiary/aromatic N) is 6. The minimum absolute atomic E-state index is 0.00519. The van der Waals surface area contributed by atoms with Crippen molar-refractivity contribution in [3.05, 3.63) is 123 Å². The van der Waals surface area contributed by atoms with Gasteiger partial charge in [0, 0.05) is 149 Å². The lowest BCUT2D eigenvalue weighted by Crippen LogP contribution is -2.48. The van der Waals surface area contributed by atoms with E-state index in [9.17, 15) is 24.0 Å². The van der Waals surface area contributed by atoms with Gasteiger partial charge in [0.25, 0.3) is 0 Å². The summed E-state index contributed by atoms with van der Waals surface area (Å²) in [6.45, 7) is 16.5. The lowest BCUT2D eigenvalue weighted by molar-refractivity contribution is -0.122. The van der Waals surface area contributed by atoms with Gasteiger partial charge in [0.15, 0.2) is 28.8 Å². The summed E-state index contributed by atoms with van der Waals surface area (Å²) in [5, 5.41) is 14.8. The molecule has 0 bridgehead atoms. The molecule has 3 heterocycles. The summed E-state index contributed by atoms with van der Waals surface area (Å²) >= 11 is 1.36. The molecule has 0 unspecified atom stereocenters. The molecule has 2 aliphatic rings. The molecule has 2 aromatic heterocycles. The number of ketones is 3. The van der Waals surface area contributed by atoms with Crippen LogP contribution in [-0.2, 0) is 28.5 Å². The number of fused-ring (bicyclic) bond motifs is 1. The number of anilines is 3. The molecule has 1 aliphatic heterocycles. The van der Waals surface area contributed by atoms with Gasteiger partial charge in [-0.25, -0.2) is 9.78 Å². The maximum atomic E-state index is 13.9. The highest BCUT2D eigenvalue weighted by Gasteiger charge is 2.24. The second-order valence-corrected chi connectivity index (χ2v) is 24.7. The van der Waals surface area contributed by atoms with E-state index >= 15 is 0 Å². The number of imidazole rings is 1. The van der Waals surface area contributed by atoms with Gasteiger partial charge in [0.05, 0.1) is 50.7 Å². The molecule has 4 aromatic carbocycles. The predicted octanol–water partition coefficient (Wildman–Crippen LogP) is 11.8. The van der Waals surface area contributed by atoms with E-state index in [0.717, 1.165) is 97.0 Å². The number of allylic oxidation sites excluding steroid dienone is 4. The van der Waals surface area contributed by atoms with Crippen molar-refractivity contribution in [2.45, 2.75) is 110 Å². The minimum atomic E-state index is -0.157. The molecule has 20 nitrogen and oxygen atoms in total. The van der Waals surface area contributed by atoms with Crippen LogP contribution < -0.4 is 49.6 Å². The first kappa shape index (κ1) is 68.5. The Hall–Kier alpha value is -8.40. The zero-order valence-corrected chi connectivity index (χ0v) is 55.4. The number of amides is 1. The van der Waals surface area contributed by atoms with Crippen LogP contribution in [-0.4, -0.2) is 146 Å². The maximum Gasteiger partial charge on any atom is 0.328 e. The van der Waals surface area contributed by atoms with Crippen LogP contribution in [0.2, 0.25) is 0 Å². The smallest absolute Gasteiger partial charge is 0.328 e. The third-order valence-electron chi connectivity index (χ3n) is 16.2. The fourth-order valence-electron chi connectivity index (χ4n) is 11.4. The molecule has 0 atom stereocenters. The number of methoxy groups -OCH3 is 2. The summed E-state index contributed by atoms with van der Waals surface area (Å²) in [6, 6.07) is 22.8. The molecule has 1 fully saturated rings. The van der Waals surface area contributed by atoms with Crippen molar-refractivity contribution in [1.29, 1.82) is 5.41 Å². The Morgan fingerprint density at radius 1 is 0.780 bits per heavy atom. The van der Waals surface area contributed by atoms with Crippen molar-refractivity contribution < 1.29 is 42.9 Å². The lowest BCUT2D eigenvalue weighted by atomic mass is 9.88. The number of piperazine rings is 1. The SMILES string of the molecule is CCCOc1cc(OCCCCN(C)CC(=O)CCCCC(=O)NCCN2CCN(c3ccc(-c4cc(NC(C)C)c(C=N)c(C(=O)CCC5=C(C)C=C(C)CC5=O)c4)cn3)CC2)cc(Oc2cc3c(cc2NSc2ccc(OC)c(OC)c2)n(C)c(=O)n3C)c1. The summed E-state index contributed by atoms with van der Waals surface area (Å²) in [6.07, 6.45) is 10.5. The van der Waals surface area contributed by atoms with E-state index in [2.05, 4.69) is 25.2 Å². The average molecular weight is 1260 g/mol. The molecule has 1 saturated heterocycles. The topological polar surface area (TPSA) is 224 Å². The van der Waals surface area contributed by atoms with Crippen LogP contribution in [0.3, 0.4) is 0 Å². The Kier molecular flexibility index (Phi) is 24.9. The van der Waals surface area contributed by atoms with Gasteiger partial charge < -0.3 is 49.3 Å². The molecule has 21 heteroatoms. The summed E-state index contributed by atoms with van der Waals surface area (Å²) in [4.78, 5) is 77.8. The van der Waals surface area contributed by atoms with E-state index in [0.29, 0.717) is 133 Å². The van der Waals surface area contributed by atoms with Crippen molar-refractivity contribution in [3.63, 3.8) is 0 Å². The molecule has 6 aromatic rings. The highest BCUT2D eigenvalue weighted by atomic mass is 32.2. The summed E-state index contributed by atoms with van der Waals surface area (Å²) < 4.78 is 36.5. The zero-order chi connectivity index (χ0) is 65.1. The molecule has 486 valence electrons. The van der Waals surface area contributed by atoms with Crippen LogP contribution >= 0.6 is 11.9 Å². The summed E-state index contributed by atoms with van der Waals surface area (Å²) in [5.74, 6) is 4.37. The van der Waals surface area contributed by atoms with Gasteiger partial charge in [-0.2, -0.15) is 0 Å². The van der Waals surface area contributed by atoms with Crippen LogP contribution in [0.4, 0.5) is 17.2 Å². The van der Waals surface area contributed by atoms with Crippen LogP contribution in [0.15, 0.2) is 111 Å². The van der Waals surface area contributed by atoms with Crippen molar-refractivity contribution in [3.8, 4) is 45.6 Å². The zero-order valence-electron chi connectivity index (χ0n) is 54.6. The molecule has 4 N–H and O–H groups in total. The number of rotatable bonds is 35. The van der Waals surface area contributed by atoms with E-state index in [1.807, 2.05) is 132 Å². The van der Waals surface area contributed by atoms with E-state index in [1.54, 1.807) is 37.4 Å². The van der Waals surface area contributed by atoms with Gasteiger partial charge in [0.1, 0.15) is 28.8 Å². The van der Waals surface area contributed by atoms with Gasteiger partial charge in [0.2, 0.25) is 5.91 Å².